The highest BCUT2D eigenvalue weighted by atomic mass is 32.2. The van der Waals surface area contributed by atoms with E-state index in [9.17, 15) is 26.4 Å². The lowest BCUT2D eigenvalue weighted by atomic mass is 9.94. The Morgan fingerprint density at radius 1 is 1.16 bits per heavy atom. The van der Waals surface area contributed by atoms with Gasteiger partial charge in [0.05, 0.1) is 11.8 Å². The van der Waals surface area contributed by atoms with Gasteiger partial charge in [-0.3, -0.25) is 9.52 Å². The summed E-state index contributed by atoms with van der Waals surface area (Å²) in [6.45, 7) is 0.243. The summed E-state index contributed by atoms with van der Waals surface area (Å²) in [7, 11) is -3.36. The van der Waals surface area contributed by atoms with Gasteiger partial charge in [-0.25, -0.2) is 8.42 Å². The van der Waals surface area contributed by atoms with Crippen LogP contribution in [0.4, 0.5) is 18.9 Å². The van der Waals surface area contributed by atoms with Crippen molar-refractivity contribution in [2.24, 2.45) is 5.92 Å². The van der Waals surface area contributed by atoms with E-state index in [2.05, 4.69) is 10.0 Å². The summed E-state index contributed by atoms with van der Waals surface area (Å²) >= 11 is 0. The molecule has 0 saturated heterocycles. The first-order valence-electron chi connectivity index (χ1n) is 10.3. The third-order valence-electron chi connectivity index (χ3n) is 5.86. The molecule has 170 valence electrons. The van der Waals surface area contributed by atoms with E-state index < -0.39 is 21.8 Å². The van der Waals surface area contributed by atoms with Gasteiger partial charge in [0, 0.05) is 18.3 Å². The number of amides is 1. The zero-order valence-electron chi connectivity index (χ0n) is 17.4. The molecule has 0 radical (unpaired) electrons. The molecule has 2 unspecified atom stereocenters. The van der Waals surface area contributed by atoms with Gasteiger partial charge in [0.25, 0.3) is 0 Å². The molecule has 1 saturated carbocycles. The van der Waals surface area contributed by atoms with Gasteiger partial charge >= 0.3 is 6.18 Å². The number of carbonyl (C=O) groups excluding carboxylic acids is 1. The average Bonchev–Trinajstić information content (AvgIpc) is 3.48. The maximum atomic E-state index is 13.2. The summed E-state index contributed by atoms with van der Waals surface area (Å²) in [6, 6.07) is 10.4. The highest BCUT2D eigenvalue weighted by molar-refractivity contribution is 7.92. The van der Waals surface area contributed by atoms with Gasteiger partial charge in [0.2, 0.25) is 15.9 Å². The van der Waals surface area contributed by atoms with Crippen LogP contribution in [0.15, 0.2) is 48.5 Å². The molecule has 2 N–H and O–H groups in total. The van der Waals surface area contributed by atoms with Crippen molar-refractivity contribution in [1.29, 1.82) is 0 Å². The number of hydrogen-bond donors (Lipinski definition) is 2. The molecule has 5 nitrogen and oxygen atoms in total. The molecule has 2 aromatic carbocycles. The van der Waals surface area contributed by atoms with Crippen LogP contribution in [0.1, 0.15) is 47.4 Å². The fourth-order valence-corrected chi connectivity index (χ4v) is 4.78. The first kappa shape index (κ1) is 22.4. The van der Waals surface area contributed by atoms with Crippen LogP contribution in [-0.4, -0.2) is 20.6 Å². The van der Waals surface area contributed by atoms with Crippen molar-refractivity contribution in [3.8, 4) is 0 Å². The van der Waals surface area contributed by atoms with Crippen molar-refractivity contribution in [2.75, 3.05) is 11.0 Å². The Kier molecular flexibility index (Phi) is 5.79. The molecule has 0 bridgehead atoms. The third kappa shape index (κ3) is 5.32. The average molecular weight is 465 g/mol. The number of carbonyl (C=O) groups is 1. The summed E-state index contributed by atoms with van der Waals surface area (Å²) in [5.41, 5.74) is 2.74. The third-order valence-corrected chi connectivity index (χ3v) is 6.47. The summed E-state index contributed by atoms with van der Waals surface area (Å²) in [6.07, 6.45) is 0.564. The van der Waals surface area contributed by atoms with Gasteiger partial charge < -0.3 is 5.32 Å². The Bertz CT molecular complexity index is 1170. The van der Waals surface area contributed by atoms with Crippen molar-refractivity contribution >= 4 is 27.2 Å². The zero-order valence-corrected chi connectivity index (χ0v) is 18.2. The molecular formula is C23H23F3N2O3S. The summed E-state index contributed by atoms with van der Waals surface area (Å²) < 4.78 is 64.4. The van der Waals surface area contributed by atoms with E-state index in [-0.39, 0.29) is 18.4 Å². The predicted octanol–water partition coefficient (Wildman–Crippen LogP) is 4.67. The number of rotatable bonds is 5. The number of sulfonamides is 1. The second kappa shape index (κ2) is 8.27. The minimum atomic E-state index is -4.39. The van der Waals surface area contributed by atoms with E-state index in [1.54, 1.807) is 24.3 Å². The number of nitrogens with one attached hydrogen (secondary N) is 2. The smallest absolute Gasteiger partial charge is 0.348 e. The van der Waals surface area contributed by atoms with Gasteiger partial charge in [-0.05, 0) is 77.6 Å². The maximum Gasteiger partial charge on any atom is 0.416 e. The Balaban J connectivity index is 1.47. The first-order valence-corrected chi connectivity index (χ1v) is 12.2. The minimum absolute atomic E-state index is 0.139. The van der Waals surface area contributed by atoms with Gasteiger partial charge in [-0.15, -0.1) is 0 Å². The van der Waals surface area contributed by atoms with Crippen LogP contribution in [0.25, 0.3) is 5.57 Å². The minimum Gasteiger partial charge on any atom is -0.348 e. The summed E-state index contributed by atoms with van der Waals surface area (Å²) in [5.74, 6) is 0.199. The summed E-state index contributed by atoms with van der Waals surface area (Å²) in [4.78, 5) is 12.5. The van der Waals surface area contributed by atoms with E-state index in [0.29, 0.717) is 23.6 Å². The van der Waals surface area contributed by atoms with Crippen LogP contribution >= 0.6 is 0 Å². The highest BCUT2D eigenvalue weighted by Gasteiger charge is 2.43. The van der Waals surface area contributed by atoms with E-state index >= 15 is 0 Å². The number of alkyl halides is 3. The molecule has 2 aromatic rings. The number of anilines is 1. The van der Waals surface area contributed by atoms with Crippen LogP contribution in [0.3, 0.4) is 0 Å². The van der Waals surface area contributed by atoms with Gasteiger partial charge in [0.15, 0.2) is 0 Å². The van der Waals surface area contributed by atoms with Crippen molar-refractivity contribution in [3.63, 3.8) is 0 Å². The molecule has 2 aliphatic rings. The molecule has 2 aliphatic carbocycles. The number of allylic oxidation sites excluding steroid dienone is 1. The SMILES string of the molecule is CS(=O)(=O)Nc1ccc(CNC(=O)/C=C2\CCC3CC3c3cc(C(F)(F)F)ccc32)cc1. The lowest BCUT2D eigenvalue weighted by molar-refractivity contribution is -0.137. The first-order chi connectivity index (χ1) is 15.0. The lowest BCUT2D eigenvalue weighted by Crippen LogP contribution is -2.21. The van der Waals surface area contributed by atoms with Gasteiger partial charge in [-0.2, -0.15) is 13.2 Å². The topological polar surface area (TPSA) is 75.3 Å². The zero-order chi connectivity index (χ0) is 23.1. The largest absolute Gasteiger partial charge is 0.416 e. The van der Waals surface area contributed by atoms with Gasteiger partial charge in [0.1, 0.15) is 0 Å². The van der Waals surface area contributed by atoms with E-state index in [1.165, 1.54) is 18.2 Å². The maximum absolute atomic E-state index is 13.2. The molecule has 0 aliphatic heterocycles. The molecule has 0 aromatic heterocycles. The normalized spacial score (nSPS) is 21.3. The quantitative estimate of drug-likeness (QED) is 0.632. The van der Waals surface area contributed by atoms with Crippen molar-refractivity contribution in [2.45, 2.75) is 37.9 Å². The summed E-state index contributed by atoms with van der Waals surface area (Å²) in [5, 5.41) is 2.79. The Morgan fingerprint density at radius 3 is 2.53 bits per heavy atom. The molecule has 4 rings (SSSR count). The Hall–Kier alpha value is -2.81. The van der Waals surface area contributed by atoms with E-state index in [1.807, 2.05) is 0 Å². The molecule has 2 atom stereocenters. The Labute approximate surface area is 184 Å². The van der Waals surface area contributed by atoms with Crippen molar-refractivity contribution in [3.05, 3.63) is 70.8 Å². The number of halogens is 3. The molecule has 0 spiro atoms. The number of hydrogen-bond acceptors (Lipinski definition) is 3. The van der Waals surface area contributed by atoms with E-state index in [0.717, 1.165) is 41.9 Å². The van der Waals surface area contributed by atoms with Crippen molar-refractivity contribution < 1.29 is 26.4 Å². The monoisotopic (exact) mass is 464 g/mol. The van der Waals surface area contributed by atoms with Crippen molar-refractivity contribution in [1.82, 2.24) is 5.32 Å². The van der Waals surface area contributed by atoms with Crippen LogP contribution in [0.5, 0.6) is 0 Å². The van der Waals surface area contributed by atoms with Crippen LogP contribution in [0.2, 0.25) is 0 Å². The fourth-order valence-electron chi connectivity index (χ4n) is 4.21. The fraction of sp³-hybridized carbons (Fsp3) is 0.348. The second-order valence-electron chi connectivity index (χ2n) is 8.40. The number of benzene rings is 2. The predicted molar refractivity (Wildman–Crippen MR) is 116 cm³/mol. The second-order valence-corrected chi connectivity index (χ2v) is 10.1. The molecule has 32 heavy (non-hydrogen) atoms. The number of fused-ring (bicyclic) bond motifs is 3. The molecule has 1 amide bonds. The molecule has 1 fully saturated rings. The van der Waals surface area contributed by atoms with Crippen LogP contribution < -0.4 is 10.0 Å². The van der Waals surface area contributed by atoms with Gasteiger partial charge in [-0.1, -0.05) is 18.2 Å². The van der Waals surface area contributed by atoms with E-state index in [4.69, 9.17) is 0 Å². The van der Waals surface area contributed by atoms with Crippen LogP contribution in [0, 0.1) is 5.92 Å². The Morgan fingerprint density at radius 2 is 1.88 bits per heavy atom. The molecule has 9 heteroatoms. The van der Waals surface area contributed by atoms with Crippen LogP contribution in [-0.2, 0) is 27.5 Å². The highest BCUT2D eigenvalue weighted by Crippen LogP contribution is 2.56. The molecule has 0 heterocycles. The molecular weight excluding hydrogens is 441 g/mol. The standard InChI is InChI=1S/C23H23F3N2O3S/c1-32(30,31)28-18-7-2-14(3-8-18)13-27-22(29)11-16-5-4-15-10-20(15)21-12-17(23(24,25)26)6-9-19(16)21/h2-3,6-9,11-12,15,20,28H,4-5,10,13H2,1H3,(H,27,29)/b16-11+. The lowest BCUT2D eigenvalue weighted by Gasteiger charge is -2.14.